The number of nitrogens with two attached hydrogens (primary N) is 1. The quantitative estimate of drug-likeness (QED) is 0.479. The highest BCUT2D eigenvalue weighted by atomic mass is 16.3. The number of amides is 2. The fraction of sp³-hybridized carbons (Fsp3) is 0. The normalized spacial score (nSPS) is 11.3. The molecule has 0 aliphatic carbocycles. The van der Waals surface area contributed by atoms with Crippen LogP contribution >= 0.6 is 0 Å². The lowest BCUT2D eigenvalue weighted by Crippen LogP contribution is -2.19. The zero-order valence-corrected chi connectivity index (χ0v) is 15.6. The Hall–Kier alpha value is -4.53. The molecule has 0 spiro atoms. The number of carbonyl (C=O) groups excluding carboxylic acids is 2. The Morgan fingerprint density at radius 1 is 1.00 bits per heavy atom. The average molecular weight is 400 g/mol. The lowest BCUT2D eigenvalue weighted by Gasteiger charge is -2.10. The number of tetrazole rings is 1. The van der Waals surface area contributed by atoms with E-state index in [-0.39, 0.29) is 5.70 Å². The Kier molecular flexibility index (Phi) is 5.16. The smallest absolute Gasteiger partial charge is 0.274 e. The van der Waals surface area contributed by atoms with Crippen molar-refractivity contribution < 1.29 is 14.0 Å². The van der Waals surface area contributed by atoms with Crippen molar-refractivity contribution in [3.05, 3.63) is 84.3 Å². The zero-order chi connectivity index (χ0) is 20.9. The lowest BCUT2D eigenvalue weighted by atomic mass is 10.2. The lowest BCUT2D eigenvalue weighted by molar-refractivity contribution is -0.111. The van der Waals surface area contributed by atoms with Crippen LogP contribution in [0.4, 0.5) is 5.69 Å². The predicted octanol–water partition coefficient (Wildman–Crippen LogP) is 2.67. The zero-order valence-electron chi connectivity index (χ0n) is 15.6. The molecule has 2 heterocycles. The van der Waals surface area contributed by atoms with E-state index in [1.807, 2.05) is 30.3 Å². The second-order valence-corrected chi connectivity index (χ2v) is 6.22. The van der Waals surface area contributed by atoms with Gasteiger partial charge in [-0.2, -0.15) is 4.68 Å². The maximum absolute atomic E-state index is 13.1. The van der Waals surface area contributed by atoms with E-state index in [1.54, 1.807) is 24.3 Å². The van der Waals surface area contributed by atoms with E-state index in [1.165, 1.54) is 29.2 Å². The molecule has 0 unspecified atom stereocenters. The van der Waals surface area contributed by atoms with Gasteiger partial charge in [0.25, 0.3) is 5.91 Å². The molecule has 3 N–H and O–H groups in total. The van der Waals surface area contributed by atoms with Gasteiger partial charge >= 0.3 is 0 Å². The maximum atomic E-state index is 13.1. The van der Waals surface area contributed by atoms with E-state index in [9.17, 15) is 9.59 Å². The van der Waals surface area contributed by atoms with Crippen molar-refractivity contribution in [2.75, 3.05) is 5.32 Å². The molecular formula is C21H16N6O3. The van der Waals surface area contributed by atoms with Crippen molar-refractivity contribution in [1.29, 1.82) is 0 Å². The second kappa shape index (κ2) is 8.23. The summed E-state index contributed by atoms with van der Waals surface area (Å²) in [5, 5.41) is 14.6. The van der Waals surface area contributed by atoms with Crippen LogP contribution < -0.4 is 11.1 Å². The average Bonchev–Trinajstić information content (AvgIpc) is 3.45. The largest absolute Gasteiger partial charge is 0.465 e. The molecular weight excluding hydrogens is 384 g/mol. The fourth-order valence-corrected chi connectivity index (χ4v) is 2.76. The standard InChI is InChI=1S/C21H16N6O3/c22-19(28)14-8-10-16(11-9-14)23-21(29)18(13-17-7-4-12-30-17)27-20(24-25-26-27)15-5-2-1-3-6-15/h1-13H,(H2,22,28)(H,23,29)/b18-13+. The molecule has 9 heteroatoms. The number of furan rings is 1. The summed E-state index contributed by atoms with van der Waals surface area (Å²) in [4.78, 5) is 24.3. The fourth-order valence-electron chi connectivity index (χ4n) is 2.76. The third-order valence-corrected chi connectivity index (χ3v) is 4.21. The summed E-state index contributed by atoms with van der Waals surface area (Å²) in [6, 6.07) is 18.9. The molecule has 0 aliphatic heterocycles. The number of benzene rings is 2. The monoisotopic (exact) mass is 400 g/mol. The molecule has 0 radical (unpaired) electrons. The molecule has 2 aromatic heterocycles. The molecule has 0 saturated heterocycles. The van der Waals surface area contributed by atoms with Gasteiger partial charge in [-0.3, -0.25) is 9.59 Å². The third kappa shape index (κ3) is 3.99. The Balaban J connectivity index is 1.71. The number of nitrogens with zero attached hydrogens (tertiary/aromatic N) is 4. The minimum atomic E-state index is -0.549. The Morgan fingerprint density at radius 2 is 1.77 bits per heavy atom. The van der Waals surface area contributed by atoms with Gasteiger partial charge in [-0.25, -0.2) is 0 Å². The van der Waals surface area contributed by atoms with Gasteiger partial charge in [0, 0.05) is 22.9 Å². The number of aromatic nitrogens is 4. The molecule has 30 heavy (non-hydrogen) atoms. The highest BCUT2D eigenvalue weighted by Crippen LogP contribution is 2.22. The van der Waals surface area contributed by atoms with Gasteiger partial charge in [0.1, 0.15) is 11.5 Å². The number of rotatable bonds is 6. The number of nitrogens with one attached hydrogen (secondary N) is 1. The molecule has 2 aromatic carbocycles. The summed E-state index contributed by atoms with van der Waals surface area (Å²) < 4.78 is 6.70. The van der Waals surface area contributed by atoms with E-state index in [4.69, 9.17) is 10.2 Å². The number of carbonyl (C=O) groups is 2. The number of anilines is 1. The summed E-state index contributed by atoms with van der Waals surface area (Å²) in [6.07, 6.45) is 3.04. The first-order valence-electron chi connectivity index (χ1n) is 8.92. The predicted molar refractivity (Wildman–Crippen MR) is 110 cm³/mol. The molecule has 4 aromatic rings. The molecule has 148 valence electrons. The van der Waals surface area contributed by atoms with Crippen molar-refractivity contribution in [2.24, 2.45) is 5.73 Å². The van der Waals surface area contributed by atoms with Gasteiger partial charge < -0.3 is 15.5 Å². The van der Waals surface area contributed by atoms with Crippen LogP contribution in [-0.4, -0.2) is 32.0 Å². The SMILES string of the molecule is NC(=O)c1ccc(NC(=O)/C(=C\c2ccco2)n2nnnc2-c2ccccc2)cc1. The van der Waals surface area contributed by atoms with E-state index in [0.29, 0.717) is 22.8 Å². The topological polar surface area (TPSA) is 129 Å². The Morgan fingerprint density at radius 3 is 2.43 bits per heavy atom. The highest BCUT2D eigenvalue weighted by Gasteiger charge is 2.20. The molecule has 0 saturated carbocycles. The second-order valence-electron chi connectivity index (χ2n) is 6.22. The third-order valence-electron chi connectivity index (χ3n) is 4.21. The van der Waals surface area contributed by atoms with Crippen LogP contribution in [0.15, 0.2) is 77.4 Å². The van der Waals surface area contributed by atoms with E-state index in [2.05, 4.69) is 20.8 Å². The summed E-state index contributed by atoms with van der Waals surface area (Å²) in [6.45, 7) is 0. The molecule has 2 amide bonds. The van der Waals surface area contributed by atoms with Crippen LogP contribution in [0.3, 0.4) is 0 Å². The first-order chi connectivity index (χ1) is 14.6. The van der Waals surface area contributed by atoms with Gasteiger partial charge in [0.15, 0.2) is 5.82 Å². The van der Waals surface area contributed by atoms with Crippen molar-refractivity contribution in [2.45, 2.75) is 0 Å². The molecule has 0 aliphatic rings. The van der Waals surface area contributed by atoms with Gasteiger partial charge in [-0.1, -0.05) is 30.3 Å². The maximum Gasteiger partial charge on any atom is 0.274 e. The van der Waals surface area contributed by atoms with Gasteiger partial charge in [0.05, 0.1) is 6.26 Å². The van der Waals surface area contributed by atoms with Crippen molar-refractivity contribution in [3.8, 4) is 11.4 Å². The van der Waals surface area contributed by atoms with E-state index < -0.39 is 11.8 Å². The molecule has 0 atom stereocenters. The van der Waals surface area contributed by atoms with Gasteiger partial charge in [0.2, 0.25) is 5.91 Å². The van der Waals surface area contributed by atoms with Gasteiger partial charge in [-0.05, 0) is 46.8 Å². The van der Waals surface area contributed by atoms with Crippen molar-refractivity contribution >= 4 is 29.3 Å². The highest BCUT2D eigenvalue weighted by molar-refractivity contribution is 6.24. The number of primary amides is 1. The summed E-state index contributed by atoms with van der Waals surface area (Å²) in [7, 11) is 0. The van der Waals surface area contributed by atoms with Crippen LogP contribution in [0, 0.1) is 0 Å². The number of hydrogen-bond donors (Lipinski definition) is 2. The first-order valence-corrected chi connectivity index (χ1v) is 8.92. The van der Waals surface area contributed by atoms with Crippen molar-refractivity contribution in [3.63, 3.8) is 0 Å². The van der Waals surface area contributed by atoms with Crippen molar-refractivity contribution in [1.82, 2.24) is 20.2 Å². The van der Waals surface area contributed by atoms with Gasteiger partial charge in [-0.15, -0.1) is 5.10 Å². The van der Waals surface area contributed by atoms with Crippen LogP contribution in [0.2, 0.25) is 0 Å². The molecule has 4 rings (SSSR count). The minimum Gasteiger partial charge on any atom is -0.465 e. The molecule has 0 bridgehead atoms. The van der Waals surface area contributed by atoms with Crippen LogP contribution in [0.5, 0.6) is 0 Å². The van der Waals surface area contributed by atoms with E-state index >= 15 is 0 Å². The molecule has 0 fully saturated rings. The van der Waals surface area contributed by atoms with Crippen LogP contribution in [0.1, 0.15) is 16.1 Å². The Labute approximate surface area is 170 Å². The summed E-state index contributed by atoms with van der Waals surface area (Å²) >= 11 is 0. The summed E-state index contributed by atoms with van der Waals surface area (Å²) in [5.74, 6) is -0.165. The number of hydrogen-bond acceptors (Lipinski definition) is 6. The molecule has 9 nitrogen and oxygen atoms in total. The Bertz CT molecular complexity index is 1200. The van der Waals surface area contributed by atoms with Crippen LogP contribution in [0.25, 0.3) is 23.2 Å². The minimum absolute atomic E-state index is 0.146. The van der Waals surface area contributed by atoms with Crippen LogP contribution in [-0.2, 0) is 4.79 Å². The summed E-state index contributed by atoms with van der Waals surface area (Å²) in [5.41, 5.74) is 6.96. The first kappa shape index (κ1) is 18.8. The van der Waals surface area contributed by atoms with E-state index in [0.717, 1.165) is 5.56 Å².